The summed E-state index contributed by atoms with van der Waals surface area (Å²) in [5.41, 5.74) is 4.75. The molecule has 32 heavy (non-hydrogen) atoms. The molecule has 0 unspecified atom stereocenters. The van der Waals surface area contributed by atoms with Gasteiger partial charge in [0.1, 0.15) is 17.3 Å². The van der Waals surface area contributed by atoms with Crippen LogP contribution in [0.2, 0.25) is 0 Å². The Morgan fingerprint density at radius 1 is 1.00 bits per heavy atom. The number of ether oxygens (including phenoxy) is 1. The largest absolute Gasteiger partial charge is 0.497 e. The maximum atomic E-state index is 11.2. The van der Waals surface area contributed by atoms with Gasteiger partial charge in [-0.15, -0.1) is 0 Å². The maximum absolute atomic E-state index is 11.2. The molecule has 0 atom stereocenters. The second-order valence-electron chi connectivity index (χ2n) is 7.30. The third-order valence-corrected chi connectivity index (χ3v) is 5.77. The number of hydrogen-bond acceptors (Lipinski definition) is 6. The minimum atomic E-state index is -0.962. The number of aromatic nitrogens is 2. The Labute approximate surface area is 190 Å². The number of carbonyl (C=O) groups is 1. The molecule has 0 radical (unpaired) electrons. The molecule has 162 valence electrons. The molecule has 1 N–H and O–H groups in total. The van der Waals surface area contributed by atoms with Crippen LogP contribution < -0.4 is 4.74 Å². The highest BCUT2D eigenvalue weighted by atomic mass is 32.2. The number of benzene rings is 2. The monoisotopic (exact) mass is 446 g/mol. The fourth-order valence-corrected chi connectivity index (χ4v) is 4.28. The first kappa shape index (κ1) is 21.6. The van der Waals surface area contributed by atoms with Gasteiger partial charge >= 0.3 is 5.97 Å². The van der Waals surface area contributed by atoms with Gasteiger partial charge in [-0.05, 0) is 50.2 Å². The molecule has 7 heteroatoms. The lowest BCUT2D eigenvalue weighted by atomic mass is 10.1. The van der Waals surface area contributed by atoms with E-state index < -0.39 is 5.97 Å². The molecule has 2 aromatic carbocycles. The Bertz CT molecular complexity index is 1250. The van der Waals surface area contributed by atoms with E-state index in [1.165, 1.54) is 11.8 Å². The van der Waals surface area contributed by atoms with Crippen LogP contribution in [-0.4, -0.2) is 28.2 Å². The molecular formula is C25H22N2O4S. The van der Waals surface area contributed by atoms with Gasteiger partial charge in [0.2, 0.25) is 0 Å². The van der Waals surface area contributed by atoms with Crippen LogP contribution in [0.3, 0.4) is 0 Å². The van der Waals surface area contributed by atoms with Gasteiger partial charge in [-0.2, -0.15) is 0 Å². The van der Waals surface area contributed by atoms with Crippen LogP contribution in [0.5, 0.6) is 5.75 Å². The molecule has 2 heterocycles. The minimum Gasteiger partial charge on any atom is -0.497 e. The van der Waals surface area contributed by atoms with Crippen molar-refractivity contribution in [2.75, 3.05) is 7.11 Å². The zero-order valence-electron chi connectivity index (χ0n) is 18.0. The maximum Gasteiger partial charge on any atom is 0.335 e. The second-order valence-corrected chi connectivity index (χ2v) is 8.24. The van der Waals surface area contributed by atoms with Gasteiger partial charge in [-0.25, -0.2) is 14.8 Å². The number of hydrogen-bond donors (Lipinski definition) is 1. The zero-order valence-corrected chi connectivity index (χ0v) is 18.8. The highest BCUT2D eigenvalue weighted by molar-refractivity contribution is 7.98. The summed E-state index contributed by atoms with van der Waals surface area (Å²) < 4.78 is 11.6. The van der Waals surface area contributed by atoms with Crippen molar-refractivity contribution in [3.05, 3.63) is 83.2 Å². The number of nitrogens with zero attached hydrogens (tertiary/aromatic N) is 2. The Kier molecular flexibility index (Phi) is 6.28. The van der Waals surface area contributed by atoms with Gasteiger partial charge < -0.3 is 14.3 Å². The van der Waals surface area contributed by atoms with E-state index in [0.717, 1.165) is 33.8 Å². The van der Waals surface area contributed by atoms with Gasteiger partial charge in [-0.1, -0.05) is 36.0 Å². The number of carboxylic acids is 1. The first-order valence-corrected chi connectivity index (χ1v) is 11.0. The third kappa shape index (κ3) is 4.84. The highest BCUT2D eigenvalue weighted by Gasteiger charge is 2.17. The fraction of sp³-hybridized carbons (Fsp3) is 0.160. The van der Waals surface area contributed by atoms with Crippen molar-refractivity contribution >= 4 is 17.7 Å². The lowest BCUT2D eigenvalue weighted by molar-refractivity contribution is 0.0697. The molecule has 4 rings (SSSR count). The average Bonchev–Trinajstić information content (AvgIpc) is 3.21. The van der Waals surface area contributed by atoms with Gasteiger partial charge in [0, 0.05) is 33.8 Å². The van der Waals surface area contributed by atoms with E-state index in [1.54, 1.807) is 31.4 Å². The van der Waals surface area contributed by atoms with Crippen LogP contribution in [0.25, 0.3) is 22.6 Å². The summed E-state index contributed by atoms with van der Waals surface area (Å²) >= 11 is 1.53. The minimum absolute atomic E-state index is 0.230. The smallest absolute Gasteiger partial charge is 0.335 e. The van der Waals surface area contributed by atoms with E-state index in [2.05, 4.69) is 9.97 Å². The lowest BCUT2D eigenvalue weighted by Gasteiger charge is -2.05. The quantitative estimate of drug-likeness (QED) is 0.274. The van der Waals surface area contributed by atoms with Gasteiger partial charge in [-0.3, -0.25) is 0 Å². The third-order valence-electron chi connectivity index (χ3n) is 4.88. The molecule has 0 aliphatic carbocycles. The van der Waals surface area contributed by atoms with Crippen LogP contribution in [-0.2, 0) is 5.75 Å². The molecule has 6 nitrogen and oxygen atoms in total. The Hall–Kier alpha value is -3.58. The van der Waals surface area contributed by atoms with E-state index in [0.29, 0.717) is 22.4 Å². The molecule has 0 amide bonds. The molecule has 0 saturated heterocycles. The summed E-state index contributed by atoms with van der Waals surface area (Å²) in [4.78, 5) is 20.2. The molecule has 0 bridgehead atoms. The van der Waals surface area contributed by atoms with Crippen molar-refractivity contribution in [2.45, 2.75) is 24.8 Å². The number of carboxylic acid groups (broad SMARTS) is 1. The number of aromatic carboxylic acids is 1. The highest BCUT2D eigenvalue weighted by Crippen LogP contribution is 2.36. The molecule has 4 aromatic rings. The van der Waals surface area contributed by atoms with E-state index in [4.69, 9.17) is 9.15 Å². The summed E-state index contributed by atoms with van der Waals surface area (Å²) in [5, 5.41) is 9.91. The number of rotatable bonds is 7. The van der Waals surface area contributed by atoms with Crippen molar-refractivity contribution in [1.29, 1.82) is 0 Å². The van der Waals surface area contributed by atoms with E-state index in [-0.39, 0.29) is 5.56 Å². The second kappa shape index (κ2) is 9.28. The summed E-state index contributed by atoms with van der Waals surface area (Å²) in [6, 6.07) is 18.3. The van der Waals surface area contributed by atoms with Gasteiger partial charge in [0.05, 0.1) is 12.7 Å². The topological polar surface area (TPSA) is 85.5 Å². The van der Waals surface area contributed by atoms with Gasteiger partial charge in [0.15, 0.2) is 5.16 Å². The van der Waals surface area contributed by atoms with Crippen molar-refractivity contribution in [2.24, 2.45) is 0 Å². The number of furan rings is 1. The summed E-state index contributed by atoms with van der Waals surface area (Å²) in [7, 11) is 1.63. The first-order valence-electron chi connectivity index (χ1n) is 9.99. The van der Waals surface area contributed by atoms with Crippen LogP contribution in [0.1, 0.15) is 27.3 Å². The van der Waals surface area contributed by atoms with Crippen LogP contribution >= 0.6 is 11.8 Å². The molecule has 0 fully saturated rings. The summed E-state index contributed by atoms with van der Waals surface area (Å²) in [5.74, 6) is 1.78. The summed E-state index contributed by atoms with van der Waals surface area (Å²) in [6.45, 7) is 3.90. The Morgan fingerprint density at radius 2 is 1.72 bits per heavy atom. The summed E-state index contributed by atoms with van der Waals surface area (Å²) in [6.07, 6.45) is 0. The van der Waals surface area contributed by atoms with E-state index in [1.807, 2.05) is 50.2 Å². The molecule has 0 spiro atoms. The van der Waals surface area contributed by atoms with Crippen molar-refractivity contribution in [3.8, 4) is 28.4 Å². The standard InChI is InChI=1S/C25H22N2O4S/c1-15-11-16(2)27-25(26-15)32-14-20-13-22(19-5-4-6-21(12-19)30-3)31-23(20)17-7-9-18(10-8-17)24(28)29/h4-13H,14H2,1-3H3,(H,28,29). The van der Waals surface area contributed by atoms with Crippen molar-refractivity contribution in [3.63, 3.8) is 0 Å². The lowest BCUT2D eigenvalue weighted by Crippen LogP contribution is -1.95. The van der Waals surface area contributed by atoms with E-state index >= 15 is 0 Å². The molecule has 0 aliphatic heterocycles. The van der Waals surface area contributed by atoms with Gasteiger partial charge in [0.25, 0.3) is 0 Å². The normalized spacial score (nSPS) is 10.8. The Balaban J connectivity index is 1.72. The van der Waals surface area contributed by atoms with Crippen molar-refractivity contribution in [1.82, 2.24) is 9.97 Å². The Morgan fingerprint density at radius 3 is 2.38 bits per heavy atom. The molecule has 0 aliphatic rings. The SMILES string of the molecule is COc1cccc(-c2cc(CSc3nc(C)cc(C)n3)c(-c3ccc(C(=O)O)cc3)o2)c1. The predicted octanol–water partition coefficient (Wildman–Crippen LogP) is 6.02. The van der Waals surface area contributed by atoms with Crippen LogP contribution in [0.15, 0.2) is 70.2 Å². The van der Waals surface area contributed by atoms with E-state index in [9.17, 15) is 9.90 Å². The average molecular weight is 447 g/mol. The molecule has 2 aromatic heterocycles. The number of aryl methyl sites for hydroxylation is 2. The fourth-order valence-electron chi connectivity index (χ4n) is 3.36. The van der Waals surface area contributed by atoms with Crippen molar-refractivity contribution < 1.29 is 19.1 Å². The van der Waals surface area contributed by atoms with Crippen LogP contribution in [0.4, 0.5) is 0 Å². The molecular weight excluding hydrogens is 424 g/mol. The molecule has 0 saturated carbocycles. The zero-order chi connectivity index (χ0) is 22.7. The number of thioether (sulfide) groups is 1. The van der Waals surface area contributed by atoms with Crippen LogP contribution in [0, 0.1) is 13.8 Å². The first-order chi connectivity index (χ1) is 15.4. The predicted molar refractivity (Wildman–Crippen MR) is 124 cm³/mol. The number of methoxy groups -OCH3 is 1.